The fourth-order valence-corrected chi connectivity index (χ4v) is 2.81. The predicted octanol–water partition coefficient (Wildman–Crippen LogP) is 3.09. The van der Waals surface area contributed by atoms with Crippen LogP contribution in [0.4, 0.5) is 0 Å². The van der Waals surface area contributed by atoms with Gasteiger partial charge in [0.25, 0.3) is 0 Å². The summed E-state index contributed by atoms with van der Waals surface area (Å²) in [4.78, 5) is 4.43. The first kappa shape index (κ1) is 12.8. The summed E-state index contributed by atoms with van der Waals surface area (Å²) in [6, 6.07) is 6.22. The zero-order valence-corrected chi connectivity index (χ0v) is 12.4. The largest absolute Gasteiger partial charge is 0.339 e. The van der Waals surface area contributed by atoms with Crippen LogP contribution in [0.15, 0.2) is 27.2 Å². The normalized spacial score (nSPS) is 16.6. The first-order chi connectivity index (χ1) is 9.13. The summed E-state index contributed by atoms with van der Waals surface area (Å²) in [7, 11) is 0. The maximum Gasteiger partial charge on any atom is 0.228 e. The van der Waals surface area contributed by atoms with Crippen molar-refractivity contribution in [2.24, 2.45) is 11.7 Å². The third-order valence-corrected chi connectivity index (χ3v) is 4.13. The molecule has 1 aliphatic carbocycles. The summed E-state index contributed by atoms with van der Waals surface area (Å²) < 4.78 is 6.27. The Morgan fingerprint density at radius 2 is 2.26 bits per heavy atom. The van der Waals surface area contributed by atoms with E-state index in [1.54, 1.807) is 0 Å². The number of halogens is 1. The van der Waals surface area contributed by atoms with Crippen molar-refractivity contribution in [2.75, 3.05) is 0 Å². The molecule has 2 N–H and O–H groups in total. The molecule has 2 aromatic rings. The lowest BCUT2D eigenvalue weighted by Gasteiger charge is -2.04. The van der Waals surface area contributed by atoms with Crippen molar-refractivity contribution in [3.8, 4) is 11.4 Å². The molecule has 0 radical (unpaired) electrons. The van der Waals surface area contributed by atoms with Gasteiger partial charge >= 0.3 is 0 Å². The van der Waals surface area contributed by atoms with Crippen molar-refractivity contribution < 1.29 is 4.52 Å². The van der Waals surface area contributed by atoms with Crippen LogP contribution >= 0.6 is 15.9 Å². The number of benzene rings is 1. The summed E-state index contributed by atoms with van der Waals surface area (Å²) >= 11 is 3.53. The van der Waals surface area contributed by atoms with Crippen molar-refractivity contribution >= 4 is 15.9 Å². The summed E-state index contributed by atoms with van der Waals surface area (Å²) in [6.07, 6.45) is 3.12. The molecule has 3 rings (SSSR count). The second-order valence-corrected chi connectivity index (χ2v) is 6.05. The third-order valence-electron chi connectivity index (χ3n) is 3.47. The standard InChI is InChI=1S/C14H16BrN3O/c1-8-2-5-10(11(15)6-8)14-17-13(19-18-14)7-12(16)9-3-4-9/h2,5-6,9,12H,3-4,7,16H2,1H3. The molecule has 1 aliphatic rings. The van der Waals surface area contributed by atoms with Gasteiger partial charge in [0.15, 0.2) is 0 Å². The van der Waals surface area contributed by atoms with Gasteiger partial charge in [0, 0.05) is 22.5 Å². The lowest BCUT2D eigenvalue weighted by atomic mass is 10.1. The average molecular weight is 322 g/mol. The fraction of sp³-hybridized carbons (Fsp3) is 0.429. The molecule has 0 aliphatic heterocycles. The SMILES string of the molecule is Cc1ccc(-c2noc(CC(N)C3CC3)n2)c(Br)c1. The number of rotatable bonds is 4. The van der Waals surface area contributed by atoms with E-state index in [4.69, 9.17) is 10.3 Å². The fourth-order valence-electron chi connectivity index (χ4n) is 2.14. The van der Waals surface area contributed by atoms with Crippen LogP contribution in [0.25, 0.3) is 11.4 Å². The lowest BCUT2D eigenvalue weighted by Crippen LogP contribution is -2.25. The highest BCUT2D eigenvalue weighted by Crippen LogP contribution is 2.33. The van der Waals surface area contributed by atoms with Crippen LogP contribution in [0.1, 0.15) is 24.3 Å². The maximum atomic E-state index is 6.07. The molecule has 19 heavy (non-hydrogen) atoms. The number of aryl methyl sites for hydroxylation is 1. The summed E-state index contributed by atoms with van der Waals surface area (Å²) in [6.45, 7) is 2.05. The van der Waals surface area contributed by atoms with Gasteiger partial charge in [-0.2, -0.15) is 4.98 Å². The van der Waals surface area contributed by atoms with Gasteiger partial charge in [0.05, 0.1) is 0 Å². The molecule has 1 aromatic heterocycles. The van der Waals surface area contributed by atoms with Gasteiger partial charge in [-0.3, -0.25) is 0 Å². The molecule has 0 bridgehead atoms. The van der Waals surface area contributed by atoms with Gasteiger partial charge in [0.2, 0.25) is 11.7 Å². The number of hydrogen-bond donors (Lipinski definition) is 1. The second-order valence-electron chi connectivity index (χ2n) is 5.20. The summed E-state index contributed by atoms with van der Waals surface area (Å²) in [5.74, 6) is 1.88. The van der Waals surface area contributed by atoms with Gasteiger partial charge in [-0.15, -0.1) is 0 Å². The molecular weight excluding hydrogens is 306 g/mol. The Hall–Kier alpha value is -1.20. The number of nitrogens with two attached hydrogens (primary N) is 1. The molecule has 1 fully saturated rings. The van der Waals surface area contributed by atoms with Crippen LogP contribution in [0.5, 0.6) is 0 Å². The minimum Gasteiger partial charge on any atom is -0.339 e. The smallest absolute Gasteiger partial charge is 0.228 e. The first-order valence-corrected chi connectivity index (χ1v) is 7.27. The second kappa shape index (κ2) is 5.06. The Bertz CT molecular complexity index is 592. The molecule has 0 saturated heterocycles. The molecule has 1 heterocycles. The van der Waals surface area contributed by atoms with Crippen LogP contribution in [0.3, 0.4) is 0 Å². The van der Waals surface area contributed by atoms with E-state index < -0.39 is 0 Å². The lowest BCUT2D eigenvalue weighted by molar-refractivity contribution is 0.364. The Morgan fingerprint density at radius 3 is 2.95 bits per heavy atom. The third kappa shape index (κ3) is 2.87. The first-order valence-electron chi connectivity index (χ1n) is 6.48. The van der Waals surface area contributed by atoms with Crippen LogP contribution in [0, 0.1) is 12.8 Å². The van der Waals surface area contributed by atoms with Gasteiger partial charge < -0.3 is 10.3 Å². The molecular formula is C14H16BrN3O. The van der Waals surface area contributed by atoms with Crippen LogP contribution in [0.2, 0.25) is 0 Å². The Labute approximate surface area is 120 Å². The molecule has 5 heteroatoms. The van der Waals surface area contributed by atoms with E-state index in [-0.39, 0.29) is 6.04 Å². The van der Waals surface area contributed by atoms with Gasteiger partial charge in [-0.1, -0.05) is 27.2 Å². The Morgan fingerprint density at radius 1 is 1.47 bits per heavy atom. The van der Waals surface area contributed by atoms with E-state index >= 15 is 0 Å². The van der Waals surface area contributed by atoms with Crippen molar-refractivity contribution in [1.29, 1.82) is 0 Å². The molecule has 0 spiro atoms. The predicted molar refractivity (Wildman–Crippen MR) is 76.6 cm³/mol. The summed E-state index contributed by atoms with van der Waals surface area (Å²) in [5.41, 5.74) is 8.21. The van der Waals surface area contributed by atoms with E-state index in [2.05, 4.69) is 26.1 Å². The summed E-state index contributed by atoms with van der Waals surface area (Å²) in [5, 5.41) is 4.04. The number of nitrogens with zero attached hydrogens (tertiary/aromatic N) is 2. The minimum absolute atomic E-state index is 0.148. The molecule has 1 atom stereocenters. The maximum absolute atomic E-state index is 6.07. The average Bonchev–Trinajstić information content (AvgIpc) is 3.11. The van der Waals surface area contributed by atoms with Crippen molar-refractivity contribution in [2.45, 2.75) is 32.2 Å². The molecule has 1 aromatic carbocycles. The van der Waals surface area contributed by atoms with E-state index in [0.29, 0.717) is 24.1 Å². The van der Waals surface area contributed by atoms with Crippen LogP contribution in [-0.2, 0) is 6.42 Å². The zero-order chi connectivity index (χ0) is 13.4. The van der Waals surface area contributed by atoms with E-state index in [0.717, 1.165) is 10.0 Å². The van der Waals surface area contributed by atoms with E-state index in [1.165, 1.54) is 18.4 Å². The highest BCUT2D eigenvalue weighted by molar-refractivity contribution is 9.10. The van der Waals surface area contributed by atoms with Crippen molar-refractivity contribution in [3.63, 3.8) is 0 Å². The minimum atomic E-state index is 0.148. The molecule has 4 nitrogen and oxygen atoms in total. The quantitative estimate of drug-likeness (QED) is 0.939. The molecule has 0 amide bonds. The Kier molecular flexibility index (Phi) is 3.41. The van der Waals surface area contributed by atoms with E-state index in [1.807, 2.05) is 25.1 Å². The van der Waals surface area contributed by atoms with Crippen molar-refractivity contribution in [3.05, 3.63) is 34.1 Å². The monoisotopic (exact) mass is 321 g/mol. The number of hydrogen-bond acceptors (Lipinski definition) is 4. The van der Waals surface area contributed by atoms with Gasteiger partial charge in [-0.25, -0.2) is 0 Å². The number of aromatic nitrogens is 2. The Balaban J connectivity index is 1.79. The van der Waals surface area contributed by atoms with Gasteiger partial charge in [0.1, 0.15) is 0 Å². The highest BCUT2D eigenvalue weighted by atomic mass is 79.9. The zero-order valence-electron chi connectivity index (χ0n) is 10.8. The van der Waals surface area contributed by atoms with Crippen molar-refractivity contribution in [1.82, 2.24) is 10.1 Å². The molecule has 1 unspecified atom stereocenters. The van der Waals surface area contributed by atoms with Crippen LogP contribution in [-0.4, -0.2) is 16.2 Å². The van der Waals surface area contributed by atoms with E-state index in [9.17, 15) is 0 Å². The topological polar surface area (TPSA) is 64.9 Å². The molecule has 1 saturated carbocycles. The molecule has 100 valence electrons. The highest BCUT2D eigenvalue weighted by Gasteiger charge is 2.29. The van der Waals surface area contributed by atoms with Crippen LogP contribution < -0.4 is 5.73 Å². The van der Waals surface area contributed by atoms with Gasteiger partial charge in [-0.05, 0) is 43.4 Å².